The smallest absolute Gasteiger partial charge is 0.382 e. The Bertz CT molecular complexity index is 1970. The van der Waals surface area contributed by atoms with Gasteiger partial charge in [0.25, 0.3) is 16.0 Å². The van der Waals surface area contributed by atoms with Crippen molar-refractivity contribution >= 4 is 55.2 Å². The topological polar surface area (TPSA) is 158 Å². The number of benzene rings is 2. The summed E-state index contributed by atoms with van der Waals surface area (Å²) in [6.45, 7) is 6.82. The molecule has 0 aliphatic heterocycles. The van der Waals surface area contributed by atoms with Crippen molar-refractivity contribution in [3.63, 3.8) is 0 Å². The number of nitrogens with zero attached hydrogens (tertiary/aromatic N) is 3. The van der Waals surface area contributed by atoms with E-state index in [1.54, 1.807) is 35.8 Å². The molecule has 0 fully saturated rings. The van der Waals surface area contributed by atoms with E-state index in [2.05, 4.69) is 15.3 Å². The number of anilines is 1. The lowest BCUT2D eigenvalue weighted by molar-refractivity contribution is -0.137. The van der Waals surface area contributed by atoms with Gasteiger partial charge >= 0.3 is 16.3 Å². The Morgan fingerprint density at radius 1 is 1.04 bits per heavy atom. The van der Waals surface area contributed by atoms with E-state index >= 15 is 0 Å². The maximum atomic E-state index is 13.2. The number of carbonyl (C=O) groups is 1. The van der Waals surface area contributed by atoms with Crippen molar-refractivity contribution in [1.82, 2.24) is 14.5 Å². The van der Waals surface area contributed by atoms with Crippen molar-refractivity contribution in [2.75, 3.05) is 16.8 Å². The van der Waals surface area contributed by atoms with Gasteiger partial charge in [0.05, 0.1) is 27.8 Å². The predicted molar refractivity (Wildman–Crippen MR) is 177 cm³/mol. The number of rotatable bonds is 10. The number of carbonyl (C=O) groups excluding carboxylic acids is 1. The lowest BCUT2D eigenvalue weighted by atomic mass is 10.2. The molecule has 1 amide bonds. The summed E-state index contributed by atoms with van der Waals surface area (Å²) in [6.07, 6.45) is -3.50. The van der Waals surface area contributed by atoms with E-state index in [9.17, 15) is 34.8 Å². The van der Waals surface area contributed by atoms with Gasteiger partial charge in [0.1, 0.15) is 17.4 Å². The van der Waals surface area contributed by atoms with Crippen LogP contribution in [0.5, 0.6) is 5.75 Å². The fraction of sp³-hybridized carbons (Fsp3) is 0.300. The Hall–Kier alpha value is -3.70. The maximum absolute atomic E-state index is 13.2. The molecule has 0 atom stereocenters. The van der Waals surface area contributed by atoms with E-state index in [-0.39, 0.29) is 45.5 Å². The molecular weight excluding hydrogens is 720 g/mol. The van der Waals surface area contributed by atoms with Crippen molar-refractivity contribution in [3.05, 3.63) is 87.8 Å². The largest absolute Gasteiger partial charge is 0.417 e. The van der Waals surface area contributed by atoms with Gasteiger partial charge in [-0.3, -0.25) is 13.9 Å². The molecular formula is C30H31Cl2F3N4O7S2. The minimum Gasteiger partial charge on any atom is -0.382 e. The highest BCUT2D eigenvalue weighted by Crippen LogP contribution is 2.34. The standard InChI is InChI=1S/C28H25Cl2F3N4O4S.C2H6O3S/c1-16(2)12-13-42(39,40)41-21-8-6-20(7-9-21)37-17(3)25(36-26(37)22-10-5-19(29)14-23(22)30)27(38)35-24-11-4-18(15-34-24)28(31,32)33;1-2-6(3,4)5/h4-11,14-16H,12-13H2,1-3H3,(H,34,35,38);2H2,1H3,(H,3,4,5). The van der Waals surface area contributed by atoms with Gasteiger partial charge < -0.3 is 9.50 Å². The van der Waals surface area contributed by atoms with Gasteiger partial charge in [0.2, 0.25) is 0 Å². The molecule has 48 heavy (non-hydrogen) atoms. The molecule has 2 N–H and O–H groups in total. The monoisotopic (exact) mass is 750 g/mol. The van der Waals surface area contributed by atoms with Crippen LogP contribution in [0.25, 0.3) is 17.1 Å². The van der Waals surface area contributed by atoms with E-state index in [0.29, 0.717) is 34.6 Å². The fourth-order valence-electron chi connectivity index (χ4n) is 3.91. The number of aromatic nitrogens is 3. The van der Waals surface area contributed by atoms with Crippen LogP contribution >= 0.6 is 23.2 Å². The highest BCUT2D eigenvalue weighted by molar-refractivity contribution is 7.87. The molecule has 0 aliphatic carbocycles. The first kappa shape index (κ1) is 38.7. The van der Waals surface area contributed by atoms with Crippen LogP contribution in [0, 0.1) is 12.8 Å². The predicted octanol–water partition coefficient (Wildman–Crippen LogP) is 7.47. The Morgan fingerprint density at radius 3 is 2.17 bits per heavy atom. The van der Waals surface area contributed by atoms with E-state index in [1.165, 1.54) is 25.1 Å². The second-order valence-corrected chi connectivity index (χ2v) is 14.9. The van der Waals surface area contributed by atoms with Crippen LogP contribution in [0.4, 0.5) is 19.0 Å². The minimum atomic E-state index is -4.57. The second kappa shape index (κ2) is 15.7. The summed E-state index contributed by atoms with van der Waals surface area (Å²) >= 11 is 12.5. The lowest BCUT2D eigenvalue weighted by Gasteiger charge is -2.13. The van der Waals surface area contributed by atoms with Crippen molar-refractivity contribution in [2.45, 2.75) is 40.3 Å². The third-order valence-electron chi connectivity index (χ3n) is 6.46. The minimum absolute atomic E-state index is 0.0469. The van der Waals surface area contributed by atoms with Gasteiger partial charge in [-0.05, 0) is 80.8 Å². The van der Waals surface area contributed by atoms with Crippen molar-refractivity contribution in [3.8, 4) is 22.8 Å². The first-order valence-corrected chi connectivity index (χ1v) is 18.0. The molecule has 0 saturated carbocycles. The second-order valence-electron chi connectivity index (χ2n) is 10.6. The van der Waals surface area contributed by atoms with Gasteiger partial charge in [0, 0.05) is 22.5 Å². The quantitative estimate of drug-likeness (QED) is 0.124. The van der Waals surface area contributed by atoms with Crippen LogP contribution in [0.3, 0.4) is 0 Å². The van der Waals surface area contributed by atoms with Crippen molar-refractivity contribution < 1.29 is 43.5 Å². The molecule has 2 aromatic carbocycles. The van der Waals surface area contributed by atoms with Crippen molar-refractivity contribution in [1.29, 1.82) is 0 Å². The Kier molecular flexibility index (Phi) is 12.7. The van der Waals surface area contributed by atoms with Crippen LogP contribution in [0.1, 0.15) is 48.9 Å². The molecule has 2 heterocycles. The summed E-state index contributed by atoms with van der Waals surface area (Å²) in [6, 6.07) is 12.7. The normalized spacial score (nSPS) is 12.0. The molecule has 0 radical (unpaired) electrons. The molecule has 4 rings (SSSR count). The fourth-order valence-corrected chi connectivity index (χ4v) is 5.65. The van der Waals surface area contributed by atoms with Gasteiger partial charge in [-0.2, -0.15) is 30.0 Å². The molecule has 0 unspecified atom stereocenters. The number of hydrogen-bond donors (Lipinski definition) is 2. The average Bonchev–Trinajstić information content (AvgIpc) is 3.33. The van der Waals surface area contributed by atoms with Gasteiger partial charge in [-0.25, -0.2) is 9.97 Å². The number of alkyl halides is 3. The molecule has 11 nitrogen and oxygen atoms in total. The summed E-state index contributed by atoms with van der Waals surface area (Å²) in [7, 11) is -7.46. The molecule has 260 valence electrons. The lowest BCUT2D eigenvalue weighted by Crippen LogP contribution is -2.16. The number of halogens is 5. The maximum Gasteiger partial charge on any atom is 0.417 e. The molecule has 0 bridgehead atoms. The van der Waals surface area contributed by atoms with Gasteiger partial charge in [-0.1, -0.05) is 37.0 Å². The Balaban J connectivity index is 0.000000952. The first-order valence-electron chi connectivity index (χ1n) is 14.1. The molecule has 2 aromatic heterocycles. The number of imidazole rings is 1. The van der Waals surface area contributed by atoms with Crippen LogP contribution in [0.15, 0.2) is 60.8 Å². The summed E-state index contributed by atoms with van der Waals surface area (Å²) in [5.41, 5.74) is 0.292. The average molecular weight is 752 g/mol. The SMILES string of the molecule is CCS(=O)(=O)O.Cc1c(C(=O)Nc2ccc(C(F)(F)F)cn2)nc(-c2ccc(Cl)cc2Cl)n1-c1ccc(OS(=O)(=O)CCC(C)C)cc1. The zero-order valence-corrected chi connectivity index (χ0v) is 29.1. The van der Waals surface area contributed by atoms with E-state index < -0.39 is 37.9 Å². The van der Waals surface area contributed by atoms with Crippen LogP contribution in [-0.2, 0) is 26.4 Å². The number of amides is 1. The third-order valence-corrected chi connectivity index (χ3v) is 8.91. The van der Waals surface area contributed by atoms with E-state index in [1.807, 2.05) is 13.8 Å². The summed E-state index contributed by atoms with van der Waals surface area (Å²) in [4.78, 5) is 21.4. The number of nitrogens with one attached hydrogen (secondary N) is 1. The number of pyridine rings is 1. The zero-order valence-electron chi connectivity index (χ0n) is 25.9. The van der Waals surface area contributed by atoms with Crippen LogP contribution in [0.2, 0.25) is 10.0 Å². The zero-order chi connectivity index (χ0) is 36.0. The Morgan fingerprint density at radius 2 is 1.67 bits per heavy atom. The Labute approximate surface area is 286 Å². The highest BCUT2D eigenvalue weighted by Gasteiger charge is 2.31. The molecule has 18 heteroatoms. The van der Waals surface area contributed by atoms with Crippen LogP contribution < -0.4 is 9.50 Å². The molecule has 0 aliphatic rings. The van der Waals surface area contributed by atoms with Crippen LogP contribution in [-0.4, -0.2) is 53.3 Å². The van der Waals surface area contributed by atoms with Gasteiger partial charge in [-0.15, -0.1) is 0 Å². The summed E-state index contributed by atoms with van der Waals surface area (Å²) in [5.74, 6) is -0.592. The third kappa shape index (κ3) is 10.9. The van der Waals surface area contributed by atoms with Gasteiger partial charge in [0.15, 0.2) is 5.69 Å². The highest BCUT2D eigenvalue weighted by atomic mass is 35.5. The van der Waals surface area contributed by atoms with E-state index in [0.717, 1.165) is 12.1 Å². The molecule has 4 aromatic rings. The molecule has 0 saturated heterocycles. The first-order chi connectivity index (χ1) is 22.2. The van der Waals surface area contributed by atoms with E-state index in [4.69, 9.17) is 31.9 Å². The summed E-state index contributed by atoms with van der Waals surface area (Å²) in [5, 5.41) is 3.10. The summed E-state index contributed by atoms with van der Waals surface area (Å²) < 4.78 is 97.2. The number of hydrogen-bond acceptors (Lipinski definition) is 8. The van der Waals surface area contributed by atoms with Crippen molar-refractivity contribution in [2.24, 2.45) is 5.92 Å². The molecule has 0 spiro atoms.